The van der Waals surface area contributed by atoms with Crippen molar-refractivity contribution in [2.24, 2.45) is 17.8 Å². The van der Waals surface area contributed by atoms with E-state index in [1.807, 2.05) is 30.3 Å². The number of ether oxygens (including phenoxy) is 2. The molecule has 1 aromatic carbocycles. The monoisotopic (exact) mass is 782 g/mol. The molecule has 2 aliphatic rings. The first-order valence-electron chi connectivity index (χ1n) is 18.0. The number of nitrogens with zero attached hydrogens (tertiary/aromatic N) is 1. The first-order valence-corrected chi connectivity index (χ1v) is 20.7. The Hall–Kier alpha value is -3.16. The average molecular weight is 784 g/mol. The molecule has 288 valence electrons. The van der Waals surface area contributed by atoms with Gasteiger partial charge in [-0.1, -0.05) is 62.4 Å². The zero-order valence-electron chi connectivity index (χ0n) is 30.4. The standard InChI is InChI=1S/C37H52Cl2N4O8S/c1-36(2,3)52(48,49)22-27(17-24-11-7-5-8-12-24)34(46)43-37(4,29-21-40-23-41-29)35(47)42-28(18-25-13-9-6-10-14-25)33(51-31(45)20-39)32(26-15-16-26)50-30(44)19-38/h5,7-8,11-12,21,23,25-28,32-33H,6,9-10,13-20,22H2,1-4H3,(H,40,41)(H,42,47)(H,43,46)/t27-,28+,32+,33-,37+/m1/s1. The van der Waals surface area contributed by atoms with Gasteiger partial charge in [-0.05, 0) is 70.8 Å². The van der Waals surface area contributed by atoms with E-state index in [4.69, 9.17) is 32.7 Å². The molecule has 0 saturated heterocycles. The van der Waals surface area contributed by atoms with Crippen LogP contribution < -0.4 is 10.6 Å². The highest BCUT2D eigenvalue weighted by molar-refractivity contribution is 7.92. The van der Waals surface area contributed by atoms with E-state index in [9.17, 15) is 27.6 Å². The number of benzene rings is 1. The van der Waals surface area contributed by atoms with Crippen LogP contribution in [-0.4, -0.2) is 82.6 Å². The van der Waals surface area contributed by atoms with E-state index in [-0.39, 0.29) is 24.0 Å². The van der Waals surface area contributed by atoms with Crippen LogP contribution in [0.3, 0.4) is 0 Å². The van der Waals surface area contributed by atoms with Crippen LogP contribution in [0.2, 0.25) is 0 Å². The number of H-pyrrole nitrogens is 1. The molecule has 0 spiro atoms. The zero-order valence-corrected chi connectivity index (χ0v) is 32.7. The maximum atomic E-state index is 14.7. The van der Waals surface area contributed by atoms with Crippen LogP contribution in [0.15, 0.2) is 42.9 Å². The summed E-state index contributed by atoms with van der Waals surface area (Å²) in [5.41, 5.74) is -0.788. The molecular formula is C37H52Cl2N4O8S. The van der Waals surface area contributed by atoms with Crippen molar-refractivity contribution in [2.75, 3.05) is 17.5 Å². The molecule has 0 aliphatic heterocycles. The molecule has 0 radical (unpaired) electrons. The highest BCUT2D eigenvalue weighted by Crippen LogP contribution is 2.39. The second-order valence-electron chi connectivity index (χ2n) is 15.2. The van der Waals surface area contributed by atoms with Gasteiger partial charge in [0.2, 0.25) is 5.91 Å². The quantitative estimate of drug-likeness (QED) is 0.139. The minimum Gasteiger partial charge on any atom is -0.457 e. The molecule has 2 saturated carbocycles. The third-order valence-corrected chi connectivity index (χ3v) is 13.2. The lowest BCUT2D eigenvalue weighted by Gasteiger charge is -2.38. The molecule has 4 rings (SSSR count). The van der Waals surface area contributed by atoms with Crippen LogP contribution in [0.25, 0.3) is 0 Å². The maximum Gasteiger partial charge on any atom is 0.321 e. The number of rotatable bonds is 18. The summed E-state index contributed by atoms with van der Waals surface area (Å²) in [6, 6.07) is 8.23. The Morgan fingerprint density at radius 2 is 1.58 bits per heavy atom. The molecule has 1 heterocycles. The number of imidazole rings is 1. The number of nitrogens with one attached hydrogen (secondary N) is 3. The summed E-state index contributed by atoms with van der Waals surface area (Å²) >= 11 is 11.7. The van der Waals surface area contributed by atoms with Gasteiger partial charge in [-0.3, -0.25) is 19.2 Å². The molecule has 2 amide bonds. The highest BCUT2D eigenvalue weighted by atomic mass is 35.5. The smallest absolute Gasteiger partial charge is 0.321 e. The van der Waals surface area contributed by atoms with Gasteiger partial charge in [-0.15, -0.1) is 23.2 Å². The van der Waals surface area contributed by atoms with Crippen LogP contribution in [0, 0.1) is 17.8 Å². The van der Waals surface area contributed by atoms with Crippen LogP contribution in [0.4, 0.5) is 0 Å². The number of aromatic amines is 1. The first-order chi connectivity index (χ1) is 24.6. The summed E-state index contributed by atoms with van der Waals surface area (Å²) < 4.78 is 37.5. The second kappa shape index (κ2) is 18.2. The number of sulfone groups is 1. The predicted molar refractivity (Wildman–Crippen MR) is 198 cm³/mol. The number of amides is 2. The Labute approximate surface area is 316 Å². The molecule has 3 N–H and O–H groups in total. The van der Waals surface area contributed by atoms with Crippen molar-refractivity contribution in [1.82, 2.24) is 20.6 Å². The Morgan fingerprint density at radius 3 is 2.13 bits per heavy atom. The number of aromatic nitrogens is 2. The van der Waals surface area contributed by atoms with Crippen molar-refractivity contribution in [3.63, 3.8) is 0 Å². The fraction of sp³-hybridized carbons (Fsp3) is 0.649. The van der Waals surface area contributed by atoms with Crippen molar-refractivity contribution in [1.29, 1.82) is 0 Å². The Morgan fingerprint density at radius 1 is 0.942 bits per heavy atom. The van der Waals surface area contributed by atoms with Crippen molar-refractivity contribution in [3.8, 4) is 0 Å². The molecule has 12 nitrogen and oxygen atoms in total. The second-order valence-corrected chi connectivity index (χ2v) is 18.5. The summed E-state index contributed by atoms with van der Waals surface area (Å²) in [5.74, 6) is -5.04. The molecule has 0 unspecified atom stereocenters. The van der Waals surface area contributed by atoms with E-state index in [1.165, 1.54) is 19.4 Å². The fourth-order valence-corrected chi connectivity index (χ4v) is 8.16. The maximum absolute atomic E-state index is 14.7. The minimum absolute atomic E-state index is 0.110. The van der Waals surface area contributed by atoms with Gasteiger partial charge in [0, 0.05) is 0 Å². The molecule has 2 fully saturated rings. The molecule has 5 atom stereocenters. The normalized spacial score (nSPS) is 19.0. The lowest BCUT2D eigenvalue weighted by Crippen LogP contribution is -2.61. The summed E-state index contributed by atoms with van der Waals surface area (Å²) in [4.78, 5) is 61.4. The van der Waals surface area contributed by atoms with E-state index >= 15 is 0 Å². The molecule has 0 bridgehead atoms. The van der Waals surface area contributed by atoms with E-state index < -0.39 is 85.6 Å². The van der Waals surface area contributed by atoms with Gasteiger partial charge in [0.15, 0.2) is 21.5 Å². The van der Waals surface area contributed by atoms with E-state index in [0.29, 0.717) is 6.42 Å². The number of hydrogen-bond donors (Lipinski definition) is 3. The number of hydrogen-bond acceptors (Lipinski definition) is 9. The van der Waals surface area contributed by atoms with E-state index in [2.05, 4.69) is 20.6 Å². The number of alkyl halides is 2. The number of carbonyl (C=O) groups excluding carboxylic acids is 4. The zero-order chi connectivity index (χ0) is 38.1. The summed E-state index contributed by atoms with van der Waals surface area (Å²) in [6.07, 6.45) is 7.66. The molecule has 52 heavy (non-hydrogen) atoms. The Kier molecular flexibility index (Phi) is 14.6. The largest absolute Gasteiger partial charge is 0.457 e. The number of esters is 2. The van der Waals surface area contributed by atoms with Gasteiger partial charge in [0.05, 0.1) is 40.7 Å². The van der Waals surface area contributed by atoms with Crippen molar-refractivity contribution >= 4 is 56.8 Å². The van der Waals surface area contributed by atoms with Crippen LogP contribution in [0.5, 0.6) is 0 Å². The lowest BCUT2D eigenvalue weighted by molar-refractivity contribution is -0.170. The third-order valence-electron chi connectivity index (χ3n) is 10.1. The van der Waals surface area contributed by atoms with Gasteiger partial charge in [0.1, 0.15) is 17.9 Å². The number of halogens is 2. The Balaban J connectivity index is 1.72. The Bertz CT molecular complexity index is 1610. The summed E-state index contributed by atoms with van der Waals surface area (Å²) in [6.45, 7) is 6.26. The topological polar surface area (TPSA) is 174 Å². The lowest BCUT2D eigenvalue weighted by atomic mass is 9.82. The molecular weight excluding hydrogens is 731 g/mol. The van der Waals surface area contributed by atoms with E-state index in [0.717, 1.165) is 50.5 Å². The van der Waals surface area contributed by atoms with Crippen LogP contribution >= 0.6 is 23.2 Å². The average Bonchev–Trinajstić information content (AvgIpc) is 3.80. The minimum atomic E-state index is -3.77. The summed E-state index contributed by atoms with van der Waals surface area (Å²) in [5, 5.41) is 5.96. The van der Waals surface area contributed by atoms with E-state index in [1.54, 1.807) is 20.8 Å². The third kappa shape index (κ3) is 11.2. The van der Waals surface area contributed by atoms with Crippen molar-refractivity contribution < 1.29 is 37.1 Å². The van der Waals surface area contributed by atoms with Gasteiger partial charge >= 0.3 is 11.9 Å². The molecule has 2 aromatic rings. The summed E-state index contributed by atoms with van der Waals surface area (Å²) in [7, 11) is -3.77. The van der Waals surface area contributed by atoms with Crippen molar-refractivity contribution in [2.45, 2.75) is 114 Å². The first kappa shape index (κ1) is 41.6. The van der Waals surface area contributed by atoms with Crippen LogP contribution in [-0.2, 0) is 50.4 Å². The molecule has 1 aromatic heterocycles. The fourth-order valence-electron chi connectivity index (χ4n) is 6.74. The van der Waals surface area contributed by atoms with Gasteiger partial charge in [-0.2, -0.15) is 0 Å². The highest BCUT2D eigenvalue weighted by Gasteiger charge is 2.48. The van der Waals surface area contributed by atoms with Gasteiger partial charge in [0.25, 0.3) is 5.91 Å². The number of carbonyl (C=O) groups is 4. The van der Waals surface area contributed by atoms with Gasteiger partial charge < -0.3 is 25.1 Å². The SMILES string of the molecule is CC(C)(C)S(=O)(=O)C[C@@H](Cc1ccccc1)C(=O)N[C@](C)(C(=O)N[C@@H](CC1CCCCC1)[C@@H](OC(=O)CCl)[C@@H](OC(=O)CCl)C1CC1)c1cnc[nH]1. The van der Waals surface area contributed by atoms with Crippen molar-refractivity contribution in [3.05, 3.63) is 54.1 Å². The van der Waals surface area contributed by atoms with Crippen LogP contribution in [0.1, 0.15) is 90.3 Å². The predicted octanol–water partition coefficient (Wildman–Crippen LogP) is 4.98. The van der Waals surface area contributed by atoms with Gasteiger partial charge in [-0.25, -0.2) is 13.4 Å². The molecule has 15 heteroatoms. The molecule has 2 aliphatic carbocycles.